The predicted octanol–water partition coefficient (Wildman–Crippen LogP) is 2.91. The molecule has 0 radical (unpaired) electrons. The van der Waals surface area contributed by atoms with Gasteiger partial charge in [-0.1, -0.05) is 6.08 Å². The minimum Gasteiger partial charge on any atom is -0.464 e. The van der Waals surface area contributed by atoms with E-state index in [1.165, 1.54) is 0 Å². The van der Waals surface area contributed by atoms with E-state index in [0.29, 0.717) is 13.2 Å². The maximum Gasteiger partial charge on any atom is 0.411 e. The first-order valence-corrected chi connectivity index (χ1v) is 8.69. The Hall–Kier alpha value is -1.56. The van der Waals surface area contributed by atoms with Crippen molar-refractivity contribution in [3.8, 4) is 0 Å². The van der Waals surface area contributed by atoms with E-state index in [9.17, 15) is 9.59 Å². The maximum atomic E-state index is 12.8. The van der Waals surface area contributed by atoms with Crippen molar-refractivity contribution in [2.45, 2.75) is 70.7 Å². The number of carbonyl (C=O) groups is 2. The van der Waals surface area contributed by atoms with Gasteiger partial charge in [0, 0.05) is 0 Å². The highest BCUT2D eigenvalue weighted by atomic mass is 16.6. The molecular formula is C18H29NO5. The Morgan fingerprint density at radius 2 is 2.00 bits per heavy atom. The SMILES string of the molecule is C=CCO[C@H]1C[C@H]2CC[C@@H]1N(C(=O)OC(C)(C)C)[C@H]2C(=O)OCC. The number of hydrogen-bond donors (Lipinski definition) is 0. The zero-order valence-corrected chi connectivity index (χ0v) is 15.1. The first-order valence-electron chi connectivity index (χ1n) is 8.69. The van der Waals surface area contributed by atoms with Gasteiger partial charge in [0.25, 0.3) is 0 Å². The Balaban J connectivity index is 2.25. The number of carbonyl (C=O) groups excluding carboxylic acids is 2. The van der Waals surface area contributed by atoms with Gasteiger partial charge in [-0.15, -0.1) is 6.58 Å². The van der Waals surface area contributed by atoms with E-state index >= 15 is 0 Å². The smallest absolute Gasteiger partial charge is 0.411 e. The van der Waals surface area contributed by atoms with Crippen LogP contribution >= 0.6 is 0 Å². The summed E-state index contributed by atoms with van der Waals surface area (Å²) in [7, 11) is 0. The fraction of sp³-hybridized carbons (Fsp3) is 0.778. The molecule has 0 unspecified atom stereocenters. The van der Waals surface area contributed by atoms with Gasteiger partial charge in [0.1, 0.15) is 11.6 Å². The minimum absolute atomic E-state index is 0.0383. The molecule has 6 nitrogen and oxygen atoms in total. The van der Waals surface area contributed by atoms with Crippen molar-refractivity contribution in [1.29, 1.82) is 0 Å². The molecule has 1 amide bonds. The summed E-state index contributed by atoms with van der Waals surface area (Å²) in [4.78, 5) is 26.8. The molecule has 3 aliphatic rings. The lowest BCUT2D eigenvalue weighted by molar-refractivity contribution is -0.167. The first-order chi connectivity index (χ1) is 11.3. The van der Waals surface area contributed by atoms with Crippen molar-refractivity contribution in [1.82, 2.24) is 4.90 Å². The number of esters is 1. The lowest BCUT2D eigenvalue weighted by Gasteiger charge is -2.52. The van der Waals surface area contributed by atoms with Gasteiger partial charge in [-0.3, -0.25) is 4.90 Å². The van der Waals surface area contributed by atoms with Crippen LogP contribution in [0.2, 0.25) is 0 Å². The largest absolute Gasteiger partial charge is 0.464 e. The van der Waals surface area contributed by atoms with Gasteiger partial charge < -0.3 is 14.2 Å². The number of fused-ring (bicyclic) bond motifs is 3. The first kappa shape index (κ1) is 18.8. The minimum atomic E-state index is -0.621. The summed E-state index contributed by atoms with van der Waals surface area (Å²) in [5, 5.41) is 0. The topological polar surface area (TPSA) is 65.1 Å². The van der Waals surface area contributed by atoms with E-state index in [1.807, 2.05) is 20.8 Å². The molecule has 0 aromatic carbocycles. The van der Waals surface area contributed by atoms with E-state index in [2.05, 4.69) is 6.58 Å². The Labute approximate surface area is 144 Å². The molecule has 4 atom stereocenters. The Bertz CT molecular complexity index is 484. The van der Waals surface area contributed by atoms with E-state index in [0.717, 1.165) is 19.3 Å². The summed E-state index contributed by atoms with van der Waals surface area (Å²) in [6, 6.07) is -0.749. The van der Waals surface area contributed by atoms with Crippen LogP contribution in [0.15, 0.2) is 12.7 Å². The summed E-state index contributed by atoms with van der Waals surface area (Å²) in [6.07, 6.45) is 3.58. The molecule has 24 heavy (non-hydrogen) atoms. The fourth-order valence-electron chi connectivity index (χ4n) is 3.65. The normalized spacial score (nSPS) is 29.2. The van der Waals surface area contributed by atoms with Gasteiger partial charge in [-0.25, -0.2) is 9.59 Å². The zero-order chi connectivity index (χ0) is 17.9. The Kier molecular flexibility index (Phi) is 5.91. The van der Waals surface area contributed by atoms with Crippen LogP contribution in [-0.2, 0) is 19.0 Å². The fourth-order valence-corrected chi connectivity index (χ4v) is 3.65. The molecule has 1 aliphatic carbocycles. The quantitative estimate of drug-likeness (QED) is 0.569. The molecule has 0 aromatic rings. The molecule has 0 aromatic heterocycles. The van der Waals surface area contributed by atoms with Crippen LogP contribution in [0.25, 0.3) is 0 Å². The molecule has 3 rings (SSSR count). The third-order valence-electron chi connectivity index (χ3n) is 4.46. The van der Waals surface area contributed by atoms with E-state index in [4.69, 9.17) is 14.2 Å². The highest BCUT2D eigenvalue weighted by Gasteiger charge is 2.54. The van der Waals surface area contributed by atoms with Gasteiger partial charge in [-0.2, -0.15) is 0 Å². The van der Waals surface area contributed by atoms with Crippen LogP contribution in [-0.4, -0.2) is 54.0 Å². The highest BCUT2D eigenvalue weighted by Crippen LogP contribution is 2.42. The molecule has 3 fully saturated rings. The summed E-state index contributed by atoms with van der Waals surface area (Å²) >= 11 is 0. The Morgan fingerprint density at radius 1 is 1.29 bits per heavy atom. The van der Waals surface area contributed by atoms with E-state index in [-0.39, 0.29) is 24.0 Å². The molecule has 2 aliphatic heterocycles. The predicted molar refractivity (Wildman–Crippen MR) is 89.6 cm³/mol. The van der Waals surface area contributed by atoms with Crippen LogP contribution in [0.5, 0.6) is 0 Å². The average Bonchev–Trinajstić information content (AvgIpc) is 2.51. The number of hydrogen-bond acceptors (Lipinski definition) is 5. The van der Waals surface area contributed by atoms with Crippen LogP contribution in [0.3, 0.4) is 0 Å². The lowest BCUT2D eigenvalue weighted by atomic mass is 9.73. The molecule has 136 valence electrons. The maximum absolute atomic E-state index is 12.8. The molecule has 6 heteroatoms. The molecular weight excluding hydrogens is 310 g/mol. The van der Waals surface area contributed by atoms with Gasteiger partial charge in [0.2, 0.25) is 0 Å². The van der Waals surface area contributed by atoms with Crippen molar-refractivity contribution in [3.05, 3.63) is 12.7 Å². The van der Waals surface area contributed by atoms with Gasteiger partial charge in [0.15, 0.2) is 0 Å². The van der Waals surface area contributed by atoms with Crippen molar-refractivity contribution in [2.24, 2.45) is 5.92 Å². The molecule has 1 saturated carbocycles. The van der Waals surface area contributed by atoms with Crippen molar-refractivity contribution in [2.75, 3.05) is 13.2 Å². The molecule has 2 saturated heterocycles. The van der Waals surface area contributed by atoms with Crippen LogP contribution in [0.1, 0.15) is 47.0 Å². The van der Waals surface area contributed by atoms with Gasteiger partial charge in [-0.05, 0) is 52.9 Å². The number of ether oxygens (including phenoxy) is 3. The van der Waals surface area contributed by atoms with Gasteiger partial charge >= 0.3 is 12.1 Å². The number of nitrogens with zero attached hydrogens (tertiary/aromatic N) is 1. The zero-order valence-electron chi connectivity index (χ0n) is 15.1. The summed E-state index contributed by atoms with van der Waals surface area (Å²) < 4.78 is 16.6. The standard InChI is InChI=1S/C18H29NO5/c1-6-10-23-14-11-12-8-9-13(14)19(15(12)16(20)22-7-2)17(21)24-18(3,4)5/h6,12-15H,1,7-11H2,2-5H3/t12-,13+,14+,15-/m1/s1. The summed E-state index contributed by atoms with van der Waals surface area (Å²) in [5.74, 6) is -0.309. The van der Waals surface area contributed by atoms with E-state index < -0.39 is 17.7 Å². The van der Waals surface area contributed by atoms with Crippen LogP contribution in [0, 0.1) is 5.92 Å². The number of rotatable bonds is 5. The Morgan fingerprint density at radius 3 is 2.58 bits per heavy atom. The average molecular weight is 339 g/mol. The number of piperidine rings is 2. The third kappa shape index (κ3) is 4.09. The highest BCUT2D eigenvalue weighted by molar-refractivity contribution is 5.83. The van der Waals surface area contributed by atoms with E-state index in [1.54, 1.807) is 17.9 Å². The summed E-state index contributed by atoms with van der Waals surface area (Å²) in [5.41, 5.74) is -0.621. The van der Waals surface area contributed by atoms with Crippen LogP contribution in [0.4, 0.5) is 4.79 Å². The second kappa shape index (κ2) is 7.55. The monoisotopic (exact) mass is 339 g/mol. The molecule has 0 N–H and O–H groups in total. The second-order valence-electron chi connectivity index (χ2n) is 7.39. The van der Waals surface area contributed by atoms with Crippen molar-refractivity contribution >= 4 is 12.1 Å². The molecule has 0 spiro atoms. The van der Waals surface area contributed by atoms with Crippen molar-refractivity contribution in [3.63, 3.8) is 0 Å². The third-order valence-corrected chi connectivity index (χ3v) is 4.46. The molecule has 2 heterocycles. The number of amides is 1. The van der Waals surface area contributed by atoms with Gasteiger partial charge in [0.05, 0.1) is 25.4 Å². The molecule has 2 bridgehead atoms. The lowest BCUT2D eigenvalue weighted by Crippen LogP contribution is -2.66. The van der Waals surface area contributed by atoms with Crippen LogP contribution < -0.4 is 0 Å². The summed E-state index contributed by atoms with van der Waals surface area (Å²) in [6.45, 7) is 11.6. The van der Waals surface area contributed by atoms with Crippen molar-refractivity contribution < 1.29 is 23.8 Å². The second-order valence-corrected chi connectivity index (χ2v) is 7.39.